The van der Waals surface area contributed by atoms with E-state index in [1.54, 1.807) is 22.7 Å². The van der Waals surface area contributed by atoms with Gasteiger partial charge in [0.1, 0.15) is 5.69 Å². The topological polar surface area (TPSA) is 50.6 Å². The Balaban J connectivity index is 1.76. The first-order valence-corrected chi connectivity index (χ1v) is 8.71. The number of anilines is 1. The van der Waals surface area contributed by atoms with Crippen molar-refractivity contribution in [1.29, 1.82) is 0 Å². The molecule has 2 aromatic carbocycles. The Bertz CT molecular complexity index is 1130. The van der Waals surface area contributed by atoms with Crippen LogP contribution in [0.4, 0.5) is 5.69 Å². The average Bonchev–Trinajstić information content (AvgIpc) is 3.09. The minimum Gasteiger partial charge on any atom is -0.319 e. The summed E-state index contributed by atoms with van der Waals surface area (Å²) >= 11 is 0. The van der Waals surface area contributed by atoms with Gasteiger partial charge in [0.15, 0.2) is 0 Å². The van der Waals surface area contributed by atoms with E-state index in [0.717, 1.165) is 22.2 Å². The average molecular weight is 354 g/mol. The van der Waals surface area contributed by atoms with E-state index < -0.39 is 11.7 Å². The van der Waals surface area contributed by atoms with Crippen LogP contribution in [0.5, 0.6) is 0 Å². The Morgan fingerprint density at radius 3 is 2.30 bits per heavy atom. The lowest BCUT2D eigenvalue weighted by atomic mass is 10.0. The van der Waals surface area contributed by atoms with Gasteiger partial charge in [-0.1, -0.05) is 54.1 Å². The van der Waals surface area contributed by atoms with Crippen LogP contribution >= 0.6 is 0 Å². The fourth-order valence-corrected chi connectivity index (χ4v) is 3.13. The number of nitrogens with zero attached hydrogens (tertiary/aromatic N) is 1. The van der Waals surface area contributed by atoms with Crippen LogP contribution in [0.25, 0.3) is 16.6 Å². The van der Waals surface area contributed by atoms with Crippen molar-refractivity contribution in [3.8, 4) is 11.1 Å². The van der Waals surface area contributed by atoms with Crippen LogP contribution in [0.2, 0.25) is 0 Å². The molecule has 0 unspecified atom stereocenters. The molecule has 0 spiro atoms. The second kappa shape index (κ2) is 6.92. The first kappa shape index (κ1) is 16.8. The number of rotatable bonds is 4. The molecule has 4 heteroatoms. The number of aromatic nitrogens is 1. The van der Waals surface area contributed by atoms with Crippen molar-refractivity contribution in [2.45, 2.75) is 6.92 Å². The maximum absolute atomic E-state index is 13.1. The number of pyridine rings is 1. The summed E-state index contributed by atoms with van der Waals surface area (Å²) in [4.78, 5) is 25.7. The van der Waals surface area contributed by atoms with Crippen LogP contribution in [0.3, 0.4) is 0 Å². The molecular weight excluding hydrogens is 336 g/mol. The third-order valence-corrected chi connectivity index (χ3v) is 4.50. The van der Waals surface area contributed by atoms with Crippen LogP contribution in [-0.2, 0) is 4.79 Å². The number of carbonyl (C=O) groups excluding carboxylic acids is 2. The molecule has 0 radical (unpaired) electrons. The van der Waals surface area contributed by atoms with Gasteiger partial charge in [-0.15, -0.1) is 0 Å². The Labute approximate surface area is 157 Å². The van der Waals surface area contributed by atoms with Gasteiger partial charge in [0.05, 0.1) is 0 Å². The molecule has 1 N–H and O–H groups in total. The van der Waals surface area contributed by atoms with Crippen molar-refractivity contribution in [2.24, 2.45) is 0 Å². The number of Topliss-reactive ketones (excluding diaryl/α,β-unsaturated/α-hetero) is 1. The Morgan fingerprint density at radius 2 is 1.56 bits per heavy atom. The van der Waals surface area contributed by atoms with Crippen molar-refractivity contribution < 1.29 is 9.59 Å². The highest BCUT2D eigenvalue weighted by atomic mass is 16.2. The lowest BCUT2D eigenvalue weighted by molar-refractivity contribution is -0.112. The maximum Gasteiger partial charge on any atom is 0.298 e. The Morgan fingerprint density at radius 1 is 0.852 bits per heavy atom. The molecule has 0 aliphatic rings. The zero-order valence-corrected chi connectivity index (χ0v) is 14.8. The third kappa shape index (κ3) is 3.25. The Hall–Kier alpha value is -3.66. The molecule has 0 aliphatic carbocycles. The van der Waals surface area contributed by atoms with Crippen molar-refractivity contribution in [3.05, 3.63) is 96.3 Å². The molecule has 0 atom stereocenters. The van der Waals surface area contributed by atoms with E-state index in [9.17, 15) is 9.59 Å². The van der Waals surface area contributed by atoms with Crippen LogP contribution in [0, 0.1) is 6.92 Å². The SMILES string of the molecule is Cc1ccc(NC(=O)C(=O)c2c(-c3ccccc3)cc3ccccn23)cc1. The van der Waals surface area contributed by atoms with E-state index in [-0.39, 0.29) is 0 Å². The second-order valence-corrected chi connectivity index (χ2v) is 6.42. The number of amides is 1. The van der Waals surface area contributed by atoms with Gasteiger partial charge in [0.25, 0.3) is 11.7 Å². The van der Waals surface area contributed by atoms with Crippen molar-refractivity contribution in [3.63, 3.8) is 0 Å². The van der Waals surface area contributed by atoms with E-state index >= 15 is 0 Å². The lowest BCUT2D eigenvalue weighted by Gasteiger charge is -2.08. The minimum absolute atomic E-state index is 0.362. The van der Waals surface area contributed by atoms with E-state index in [1.165, 1.54) is 0 Å². The smallest absolute Gasteiger partial charge is 0.298 e. The number of ketones is 1. The van der Waals surface area contributed by atoms with Gasteiger partial charge < -0.3 is 9.72 Å². The fourth-order valence-electron chi connectivity index (χ4n) is 3.13. The fraction of sp³-hybridized carbons (Fsp3) is 0.0435. The molecule has 27 heavy (non-hydrogen) atoms. The van der Waals surface area contributed by atoms with Gasteiger partial charge in [-0.25, -0.2) is 0 Å². The lowest BCUT2D eigenvalue weighted by Crippen LogP contribution is -2.24. The summed E-state index contributed by atoms with van der Waals surface area (Å²) in [6, 6.07) is 24.6. The number of benzene rings is 2. The molecule has 0 saturated heterocycles. The molecule has 4 aromatic rings. The number of carbonyl (C=O) groups is 2. The largest absolute Gasteiger partial charge is 0.319 e. The van der Waals surface area contributed by atoms with Crippen molar-refractivity contribution in [2.75, 3.05) is 5.32 Å². The summed E-state index contributed by atoms with van der Waals surface area (Å²) in [5.74, 6) is -1.22. The Kier molecular flexibility index (Phi) is 4.30. The minimum atomic E-state index is -0.653. The zero-order chi connectivity index (χ0) is 18.8. The van der Waals surface area contributed by atoms with Crippen LogP contribution in [0.1, 0.15) is 16.1 Å². The van der Waals surface area contributed by atoms with Gasteiger partial charge in [-0.3, -0.25) is 9.59 Å². The third-order valence-electron chi connectivity index (χ3n) is 4.50. The summed E-state index contributed by atoms with van der Waals surface area (Å²) in [5, 5.41) is 2.70. The molecule has 2 heterocycles. The molecule has 0 saturated carbocycles. The molecule has 4 nitrogen and oxygen atoms in total. The molecule has 0 fully saturated rings. The molecule has 4 rings (SSSR count). The van der Waals surface area contributed by atoms with Gasteiger partial charge in [0.2, 0.25) is 0 Å². The normalized spacial score (nSPS) is 10.7. The highest BCUT2D eigenvalue weighted by Crippen LogP contribution is 2.28. The van der Waals surface area contributed by atoms with Crippen molar-refractivity contribution in [1.82, 2.24) is 4.40 Å². The summed E-state index contributed by atoms with van der Waals surface area (Å²) in [6.45, 7) is 1.97. The monoisotopic (exact) mass is 354 g/mol. The first-order valence-electron chi connectivity index (χ1n) is 8.71. The molecule has 1 amide bonds. The highest BCUT2D eigenvalue weighted by Gasteiger charge is 2.24. The van der Waals surface area contributed by atoms with E-state index in [2.05, 4.69) is 5.32 Å². The zero-order valence-electron chi connectivity index (χ0n) is 14.8. The predicted molar refractivity (Wildman–Crippen MR) is 107 cm³/mol. The molecule has 2 aromatic heterocycles. The standard InChI is InChI=1S/C23H18N2O2/c1-16-10-12-18(13-11-16)24-23(27)22(26)21-20(17-7-3-2-4-8-17)15-19-9-5-6-14-25(19)21/h2-15H,1H3,(H,24,27). The van der Waals surface area contributed by atoms with Gasteiger partial charge in [-0.2, -0.15) is 0 Å². The quantitative estimate of drug-likeness (QED) is 0.425. The van der Waals surface area contributed by atoms with Crippen LogP contribution in [-0.4, -0.2) is 16.1 Å². The van der Waals surface area contributed by atoms with Gasteiger partial charge in [0, 0.05) is 23.0 Å². The number of fused-ring (bicyclic) bond motifs is 1. The summed E-state index contributed by atoms with van der Waals surface area (Å²) in [5.41, 5.74) is 4.55. The summed E-state index contributed by atoms with van der Waals surface area (Å²) in [6.07, 6.45) is 1.80. The predicted octanol–water partition coefficient (Wildman–Crippen LogP) is 4.74. The molecule has 132 valence electrons. The van der Waals surface area contributed by atoms with Crippen molar-refractivity contribution >= 4 is 22.9 Å². The number of hydrogen-bond acceptors (Lipinski definition) is 2. The van der Waals surface area contributed by atoms with E-state index in [1.807, 2.05) is 73.7 Å². The highest BCUT2D eigenvalue weighted by molar-refractivity contribution is 6.47. The van der Waals surface area contributed by atoms with Gasteiger partial charge >= 0.3 is 0 Å². The van der Waals surface area contributed by atoms with Crippen LogP contribution in [0.15, 0.2) is 85.1 Å². The summed E-state index contributed by atoms with van der Waals surface area (Å²) < 4.78 is 1.76. The maximum atomic E-state index is 13.1. The molecule has 0 bridgehead atoms. The number of aryl methyl sites for hydroxylation is 1. The first-order chi connectivity index (χ1) is 13.1. The molecular formula is C23H18N2O2. The summed E-state index contributed by atoms with van der Waals surface area (Å²) in [7, 11) is 0. The molecule has 0 aliphatic heterocycles. The van der Waals surface area contributed by atoms with E-state index in [0.29, 0.717) is 11.4 Å². The number of nitrogens with one attached hydrogen (secondary N) is 1. The van der Waals surface area contributed by atoms with Gasteiger partial charge in [-0.05, 0) is 42.8 Å². The second-order valence-electron chi connectivity index (χ2n) is 6.42. The van der Waals surface area contributed by atoms with Crippen LogP contribution < -0.4 is 5.32 Å². The number of hydrogen-bond donors (Lipinski definition) is 1. The van der Waals surface area contributed by atoms with E-state index in [4.69, 9.17) is 0 Å².